The van der Waals surface area contributed by atoms with Crippen LogP contribution in [-0.4, -0.2) is 15.7 Å². The molecule has 0 spiro atoms. The number of hydrogen-bond acceptors (Lipinski definition) is 3. The van der Waals surface area contributed by atoms with Crippen LogP contribution in [0.2, 0.25) is 0 Å². The maximum absolute atomic E-state index is 12.7. The third-order valence-corrected chi connectivity index (χ3v) is 3.56. The molecule has 3 aromatic rings. The molecule has 0 atom stereocenters. The third kappa shape index (κ3) is 3.31. The van der Waals surface area contributed by atoms with E-state index in [9.17, 15) is 4.79 Å². The summed E-state index contributed by atoms with van der Waals surface area (Å²) in [5, 5.41) is 4.26. The van der Waals surface area contributed by atoms with Crippen molar-refractivity contribution in [3.05, 3.63) is 83.2 Å². The molecule has 0 aliphatic heterocycles. The van der Waals surface area contributed by atoms with Crippen LogP contribution in [0.25, 0.3) is 0 Å². The van der Waals surface area contributed by atoms with Gasteiger partial charge in [-0.1, -0.05) is 42.5 Å². The predicted octanol–water partition coefficient (Wildman–Crippen LogP) is 3.77. The minimum Gasteiger partial charge on any atom is -0.488 e. The van der Waals surface area contributed by atoms with Gasteiger partial charge in [0.1, 0.15) is 12.4 Å². The average Bonchev–Trinajstić information content (AvgIpc) is 2.92. The van der Waals surface area contributed by atoms with Crippen LogP contribution in [-0.2, 0) is 6.61 Å². The zero-order valence-electron chi connectivity index (χ0n) is 13.2. The number of benzene rings is 2. The summed E-state index contributed by atoms with van der Waals surface area (Å²) in [7, 11) is 0. The van der Waals surface area contributed by atoms with E-state index in [4.69, 9.17) is 4.74 Å². The molecule has 1 heterocycles. The molecule has 4 heteroatoms. The predicted molar refractivity (Wildman–Crippen MR) is 88.6 cm³/mol. The van der Waals surface area contributed by atoms with Crippen LogP contribution in [0.15, 0.2) is 60.7 Å². The number of para-hydroxylation sites is 1. The van der Waals surface area contributed by atoms with E-state index >= 15 is 0 Å². The van der Waals surface area contributed by atoms with E-state index in [1.807, 2.05) is 68.4 Å². The van der Waals surface area contributed by atoms with E-state index in [1.54, 1.807) is 6.07 Å². The minimum absolute atomic E-state index is 0.181. The lowest BCUT2D eigenvalue weighted by Crippen LogP contribution is -2.16. The fourth-order valence-electron chi connectivity index (χ4n) is 2.45. The number of nitrogens with zero attached hydrogens (tertiary/aromatic N) is 2. The Balaban J connectivity index is 1.86. The first-order valence-corrected chi connectivity index (χ1v) is 7.49. The van der Waals surface area contributed by atoms with E-state index in [0.717, 1.165) is 17.0 Å². The molecule has 0 aliphatic carbocycles. The Bertz CT molecular complexity index is 822. The van der Waals surface area contributed by atoms with E-state index < -0.39 is 0 Å². The molecule has 0 aliphatic rings. The normalized spacial score (nSPS) is 10.5. The van der Waals surface area contributed by atoms with Crippen molar-refractivity contribution in [2.45, 2.75) is 20.5 Å². The van der Waals surface area contributed by atoms with Crippen molar-refractivity contribution in [2.24, 2.45) is 0 Å². The first-order chi connectivity index (χ1) is 11.1. The fraction of sp³-hybridized carbons (Fsp3) is 0.158. The molecule has 0 saturated heterocycles. The molecule has 23 heavy (non-hydrogen) atoms. The van der Waals surface area contributed by atoms with Gasteiger partial charge < -0.3 is 4.74 Å². The maximum Gasteiger partial charge on any atom is 0.282 e. The highest BCUT2D eigenvalue weighted by Crippen LogP contribution is 2.21. The Morgan fingerprint density at radius 1 is 1.04 bits per heavy atom. The summed E-state index contributed by atoms with van der Waals surface area (Å²) in [5.74, 6) is 0.383. The van der Waals surface area contributed by atoms with Crippen molar-refractivity contribution in [2.75, 3.05) is 0 Å². The highest BCUT2D eigenvalue weighted by Gasteiger charge is 2.17. The number of carbonyl (C=O) groups excluding carboxylic acids is 1. The largest absolute Gasteiger partial charge is 0.488 e. The molecule has 0 bridgehead atoms. The van der Waals surface area contributed by atoms with Crippen LogP contribution in [0, 0.1) is 13.8 Å². The number of ether oxygens (including phenoxy) is 1. The summed E-state index contributed by atoms with van der Waals surface area (Å²) in [5.41, 5.74) is 3.19. The van der Waals surface area contributed by atoms with Crippen LogP contribution in [0.1, 0.15) is 27.3 Å². The van der Waals surface area contributed by atoms with Crippen LogP contribution in [0.4, 0.5) is 0 Å². The zero-order valence-corrected chi connectivity index (χ0v) is 13.2. The van der Waals surface area contributed by atoms with Gasteiger partial charge in [0, 0.05) is 5.69 Å². The minimum atomic E-state index is -0.181. The second-order valence-corrected chi connectivity index (χ2v) is 5.41. The fourth-order valence-corrected chi connectivity index (χ4v) is 2.45. The van der Waals surface area contributed by atoms with Crippen molar-refractivity contribution in [1.29, 1.82) is 0 Å². The van der Waals surface area contributed by atoms with Gasteiger partial charge in [-0.2, -0.15) is 5.10 Å². The second kappa shape index (κ2) is 6.48. The SMILES string of the molecule is Cc1cc(C)n(C(=O)c2ccccc2OCc2ccccc2)n1. The van der Waals surface area contributed by atoms with Gasteiger partial charge in [0.25, 0.3) is 5.91 Å². The molecule has 0 radical (unpaired) electrons. The van der Waals surface area contributed by atoms with Crippen molar-refractivity contribution in [3.8, 4) is 5.75 Å². The highest BCUT2D eigenvalue weighted by molar-refractivity contribution is 5.98. The van der Waals surface area contributed by atoms with E-state index in [-0.39, 0.29) is 5.91 Å². The molecule has 116 valence electrons. The molecule has 0 amide bonds. The van der Waals surface area contributed by atoms with Gasteiger partial charge in [-0.15, -0.1) is 0 Å². The first kappa shape index (κ1) is 15.0. The van der Waals surface area contributed by atoms with Gasteiger partial charge in [-0.05, 0) is 37.6 Å². The lowest BCUT2D eigenvalue weighted by Gasteiger charge is -2.11. The number of hydrogen-bond donors (Lipinski definition) is 0. The topological polar surface area (TPSA) is 44.1 Å². The number of carbonyl (C=O) groups is 1. The molecular formula is C19H18N2O2. The van der Waals surface area contributed by atoms with Crippen molar-refractivity contribution in [1.82, 2.24) is 9.78 Å². The Labute approximate surface area is 135 Å². The first-order valence-electron chi connectivity index (χ1n) is 7.49. The molecule has 0 unspecified atom stereocenters. The highest BCUT2D eigenvalue weighted by atomic mass is 16.5. The number of rotatable bonds is 4. The molecule has 0 saturated carbocycles. The van der Waals surface area contributed by atoms with Gasteiger partial charge in [0.15, 0.2) is 0 Å². The van der Waals surface area contributed by atoms with Gasteiger partial charge in [0.2, 0.25) is 0 Å². The average molecular weight is 306 g/mol. The Hall–Kier alpha value is -2.88. The molecule has 0 N–H and O–H groups in total. The standard InChI is InChI=1S/C19H18N2O2/c1-14-12-15(2)21(20-14)19(22)17-10-6-7-11-18(17)23-13-16-8-4-3-5-9-16/h3-12H,13H2,1-2H3. The summed E-state index contributed by atoms with van der Waals surface area (Å²) < 4.78 is 7.27. The van der Waals surface area contributed by atoms with E-state index in [1.165, 1.54) is 4.68 Å². The second-order valence-electron chi connectivity index (χ2n) is 5.41. The van der Waals surface area contributed by atoms with Crippen LogP contribution >= 0.6 is 0 Å². The van der Waals surface area contributed by atoms with E-state index in [2.05, 4.69) is 5.10 Å². The Morgan fingerprint density at radius 2 is 1.74 bits per heavy atom. The Kier molecular flexibility index (Phi) is 4.24. The summed E-state index contributed by atoms with van der Waals surface area (Å²) >= 11 is 0. The molecule has 0 fully saturated rings. The molecule has 2 aromatic carbocycles. The monoisotopic (exact) mass is 306 g/mol. The van der Waals surface area contributed by atoms with Crippen LogP contribution in [0.5, 0.6) is 5.75 Å². The Morgan fingerprint density at radius 3 is 2.43 bits per heavy atom. The van der Waals surface area contributed by atoms with E-state index in [0.29, 0.717) is 17.9 Å². The summed E-state index contributed by atoms with van der Waals surface area (Å²) in [6.45, 7) is 4.15. The quantitative estimate of drug-likeness (QED) is 0.737. The number of aryl methyl sites for hydroxylation is 2. The van der Waals surface area contributed by atoms with Gasteiger partial charge in [-0.3, -0.25) is 4.79 Å². The van der Waals surface area contributed by atoms with Gasteiger partial charge in [-0.25, -0.2) is 4.68 Å². The lowest BCUT2D eigenvalue weighted by atomic mass is 10.2. The van der Waals surface area contributed by atoms with Crippen LogP contribution < -0.4 is 4.74 Å². The summed E-state index contributed by atoms with van der Waals surface area (Å²) in [4.78, 5) is 12.7. The summed E-state index contributed by atoms with van der Waals surface area (Å²) in [6, 6.07) is 19.0. The van der Waals surface area contributed by atoms with Crippen LogP contribution in [0.3, 0.4) is 0 Å². The number of aromatic nitrogens is 2. The molecular weight excluding hydrogens is 288 g/mol. The van der Waals surface area contributed by atoms with Gasteiger partial charge in [0.05, 0.1) is 11.3 Å². The maximum atomic E-state index is 12.7. The smallest absolute Gasteiger partial charge is 0.282 e. The molecule has 1 aromatic heterocycles. The summed E-state index contributed by atoms with van der Waals surface area (Å²) in [6.07, 6.45) is 0. The van der Waals surface area contributed by atoms with Crippen molar-refractivity contribution < 1.29 is 9.53 Å². The molecule has 4 nitrogen and oxygen atoms in total. The third-order valence-electron chi connectivity index (χ3n) is 3.56. The zero-order chi connectivity index (χ0) is 16.2. The van der Waals surface area contributed by atoms with Gasteiger partial charge >= 0.3 is 0 Å². The van der Waals surface area contributed by atoms with Crippen molar-refractivity contribution >= 4 is 5.91 Å². The molecule has 3 rings (SSSR count). The van der Waals surface area contributed by atoms with Crippen molar-refractivity contribution in [3.63, 3.8) is 0 Å². The lowest BCUT2D eigenvalue weighted by molar-refractivity contribution is 0.0938.